The Kier molecular flexibility index (Phi) is 5.67. The molecule has 0 saturated heterocycles. The summed E-state index contributed by atoms with van der Waals surface area (Å²) in [4.78, 5) is 16.2. The van der Waals surface area contributed by atoms with Crippen molar-refractivity contribution in [3.05, 3.63) is 47.1 Å². The van der Waals surface area contributed by atoms with E-state index >= 15 is 0 Å². The topological polar surface area (TPSA) is 81.1 Å². The van der Waals surface area contributed by atoms with Crippen LogP contribution in [0.3, 0.4) is 0 Å². The molecule has 0 aliphatic rings. The van der Waals surface area contributed by atoms with Crippen LogP contribution in [-0.2, 0) is 0 Å². The van der Waals surface area contributed by atoms with Gasteiger partial charge in [0.25, 0.3) is 5.91 Å². The second-order valence-electron chi connectivity index (χ2n) is 4.42. The largest absolute Gasteiger partial charge is 0.446 e. The summed E-state index contributed by atoms with van der Waals surface area (Å²) in [6.45, 7) is 0. The van der Waals surface area contributed by atoms with E-state index in [2.05, 4.69) is 10.3 Å². The van der Waals surface area contributed by atoms with Crippen molar-refractivity contribution in [1.82, 2.24) is 4.98 Å². The average Bonchev–Trinajstić information content (AvgIpc) is 2.97. The predicted molar refractivity (Wildman–Crippen MR) is 85.8 cm³/mol. The Morgan fingerprint density at radius 2 is 2.19 bits per heavy atom. The number of thioether (sulfide) groups is 1. The van der Waals surface area contributed by atoms with Gasteiger partial charge in [-0.2, -0.15) is 11.8 Å². The maximum atomic E-state index is 12.0. The van der Waals surface area contributed by atoms with Crippen molar-refractivity contribution in [2.45, 2.75) is 12.5 Å². The summed E-state index contributed by atoms with van der Waals surface area (Å²) < 4.78 is 5.27. The number of carbonyl (C=O) groups is 1. The number of hydrogen-bond acceptors (Lipinski definition) is 5. The van der Waals surface area contributed by atoms with Crippen molar-refractivity contribution < 1.29 is 9.21 Å². The standard InChI is InChI=1S/C14H16ClN3O2S/c1-21-7-6-11(16)14-18-12(8-20-14)13(19)17-10-4-2-9(15)3-5-10/h2-5,8,11H,6-7,16H2,1H3,(H,17,19). The first-order valence-corrected chi connectivity index (χ1v) is 8.14. The van der Waals surface area contributed by atoms with E-state index in [0.717, 1.165) is 12.2 Å². The molecule has 1 aromatic carbocycles. The second kappa shape index (κ2) is 7.49. The minimum Gasteiger partial charge on any atom is -0.446 e. The molecule has 7 heteroatoms. The van der Waals surface area contributed by atoms with Crippen LogP contribution in [0, 0.1) is 0 Å². The number of hydrogen-bond donors (Lipinski definition) is 2. The molecule has 3 N–H and O–H groups in total. The van der Waals surface area contributed by atoms with Gasteiger partial charge in [-0.3, -0.25) is 4.79 Å². The number of amides is 1. The first-order chi connectivity index (χ1) is 10.1. The van der Waals surface area contributed by atoms with E-state index in [1.54, 1.807) is 36.0 Å². The zero-order valence-electron chi connectivity index (χ0n) is 11.5. The fraction of sp³-hybridized carbons (Fsp3) is 0.286. The minimum atomic E-state index is -0.343. The van der Waals surface area contributed by atoms with Crippen LogP contribution in [-0.4, -0.2) is 22.9 Å². The summed E-state index contributed by atoms with van der Waals surface area (Å²) in [5, 5.41) is 3.32. The van der Waals surface area contributed by atoms with Crippen molar-refractivity contribution in [2.75, 3.05) is 17.3 Å². The third-order valence-electron chi connectivity index (χ3n) is 2.81. The monoisotopic (exact) mass is 325 g/mol. The van der Waals surface area contributed by atoms with Gasteiger partial charge >= 0.3 is 0 Å². The van der Waals surface area contributed by atoms with E-state index in [1.807, 2.05) is 6.26 Å². The molecule has 2 rings (SSSR count). The Morgan fingerprint density at radius 1 is 1.48 bits per heavy atom. The first-order valence-electron chi connectivity index (χ1n) is 6.37. The molecule has 1 aromatic heterocycles. The van der Waals surface area contributed by atoms with Crippen molar-refractivity contribution in [3.63, 3.8) is 0 Å². The number of halogens is 1. The molecule has 0 fully saturated rings. The molecule has 0 bridgehead atoms. The smallest absolute Gasteiger partial charge is 0.277 e. The van der Waals surface area contributed by atoms with Gasteiger partial charge in [0, 0.05) is 10.7 Å². The van der Waals surface area contributed by atoms with Crippen LogP contribution in [0.15, 0.2) is 34.9 Å². The van der Waals surface area contributed by atoms with Crippen LogP contribution in [0.5, 0.6) is 0 Å². The first kappa shape index (κ1) is 15.9. The van der Waals surface area contributed by atoms with Gasteiger partial charge in [0.2, 0.25) is 5.89 Å². The third kappa shape index (κ3) is 4.49. The lowest BCUT2D eigenvalue weighted by atomic mass is 10.2. The van der Waals surface area contributed by atoms with E-state index in [9.17, 15) is 4.79 Å². The van der Waals surface area contributed by atoms with Crippen LogP contribution in [0.2, 0.25) is 5.02 Å². The molecule has 5 nitrogen and oxygen atoms in total. The lowest BCUT2D eigenvalue weighted by molar-refractivity contribution is 0.102. The number of benzene rings is 1. The van der Waals surface area contributed by atoms with Crippen LogP contribution in [0.4, 0.5) is 5.69 Å². The normalized spacial score (nSPS) is 12.1. The molecule has 1 amide bonds. The summed E-state index contributed by atoms with van der Waals surface area (Å²) in [5.41, 5.74) is 6.80. The number of nitrogens with two attached hydrogens (primary N) is 1. The number of anilines is 1. The molecule has 2 aromatic rings. The maximum absolute atomic E-state index is 12.0. The molecular weight excluding hydrogens is 310 g/mol. The zero-order chi connectivity index (χ0) is 15.2. The van der Waals surface area contributed by atoms with Gasteiger partial charge < -0.3 is 15.5 Å². The number of carbonyl (C=O) groups excluding carboxylic acids is 1. The molecule has 0 aliphatic carbocycles. The lowest BCUT2D eigenvalue weighted by Crippen LogP contribution is -2.14. The van der Waals surface area contributed by atoms with Gasteiger partial charge in [0.05, 0.1) is 6.04 Å². The molecule has 1 unspecified atom stereocenters. The van der Waals surface area contributed by atoms with E-state index < -0.39 is 0 Å². The molecular formula is C14H16ClN3O2S. The number of nitrogens with one attached hydrogen (secondary N) is 1. The fourth-order valence-electron chi connectivity index (χ4n) is 1.66. The van der Waals surface area contributed by atoms with Crippen LogP contribution >= 0.6 is 23.4 Å². The van der Waals surface area contributed by atoms with E-state index in [-0.39, 0.29) is 17.6 Å². The summed E-state index contributed by atoms with van der Waals surface area (Å²) in [7, 11) is 0. The molecule has 0 radical (unpaired) electrons. The van der Waals surface area contributed by atoms with E-state index in [0.29, 0.717) is 16.6 Å². The molecule has 0 saturated carbocycles. The molecule has 1 atom stereocenters. The van der Waals surface area contributed by atoms with Gasteiger partial charge in [0.1, 0.15) is 6.26 Å². The highest BCUT2D eigenvalue weighted by Crippen LogP contribution is 2.17. The van der Waals surface area contributed by atoms with Gasteiger partial charge in [-0.25, -0.2) is 4.98 Å². The van der Waals surface area contributed by atoms with Crippen LogP contribution < -0.4 is 11.1 Å². The van der Waals surface area contributed by atoms with Crippen molar-refractivity contribution in [2.24, 2.45) is 5.73 Å². The number of aromatic nitrogens is 1. The summed E-state index contributed by atoms with van der Waals surface area (Å²) in [5.74, 6) is 0.949. The Morgan fingerprint density at radius 3 is 2.86 bits per heavy atom. The SMILES string of the molecule is CSCCC(N)c1nc(C(=O)Nc2ccc(Cl)cc2)co1. The van der Waals surface area contributed by atoms with Crippen LogP contribution in [0.25, 0.3) is 0 Å². The third-order valence-corrected chi connectivity index (χ3v) is 3.70. The molecule has 21 heavy (non-hydrogen) atoms. The minimum absolute atomic E-state index is 0.208. The van der Waals surface area contributed by atoms with Gasteiger partial charge in [0.15, 0.2) is 5.69 Å². The Labute approximate surface area is 132 Å². The predicted octanol–water partition coefficient (Wildman–Crippen LogP) is 3.33. The van der Waals surface area contributed by atoms with Gasteiger partial charge in [-0.1, -0.05) is 11.6 Å². The summed E-state index contributed by atoms with van der Waals surface area (Å²) in [6.07, 6.45) is 4.08. The number of oxazole rings is 1. The number of nitrogens with zero attached hydrogens (tertiary/aromatic N) is 1. The van der Waals surface area contributed by atoms with Gasteiger partial charge in [-0.05, 0) is 42.7 Å². The lowest BCUT2D eigenvalue weighted by Gasteiger charge is -2.05. The average molecular weight is 326 g/mol. The second-order valence-corrected chi connectivity index (χ2v) is 5.84. The fourth-order valence-corrected chi connectivity index (χ4v) is 2.27. The molecule has 112 valence electrons. The summed E-state index contributed by atoms with van der Waals surface area (Å²) >= 11 is 7.49. The Balaban J connectivity index is 2.00. The molecule has 0 aliphatic heterocycles. The Hall–Kier alpha value is -1.50. The number of rotatable bonds is 6. The van der Waals surface area contributed by atoms with E-state index in [4.69, 9.17) is 21.8 Å². The zero-order valence-corrected chi connectivity index (χ0v) is 13.1. The van der Waals surface area contributed by atoms with Crippen molar-refractivity contribution >= 4 is 35.0 Å². The maximum Gasteiger partial charge on any atom is 0.277 e. The summed E-state index contributed by atoms with van der Waals surface area (Å²) in [6, 6.07) is 6.53. The Bertz CT molecular complexity index is 601. The van der Waals surface area contributed by atoms with Crippen molar-refractivity contribution in [1.29, 1.82) is 0 Å². The van der Waals surface area contributed by atoms with Crippen molar-refractivity contribution in [3.8, 4) is 0 Å². The van der Waals surface area contributed by atoms with Crippen LogP contribution in [0.1, 0.15) is 28.8 Å². The molecule has 1 heterocycles. The quantitative estimate of drug-likeness (QED) is 0.851. The highest BCUT2D eigenvalue weighted by atomic mass is 35.5. The highest BCUT2D eigenvalue weighted by Gasteiger charge is 2.16. The molecule has 0 spiro atoms. The van der Waals surface area contributed by atoms with E-state index in [1.165, 1.54) is 6.26 Å². The van der Waals surface area contributed by atoms with Gasteiger partial charge in [-0.15, -0.1) is 0 Å². The highest BCUT2D eigenvalue weighted by molar-refractivity contribution is 7.98.